The number of nitrogens with one attached hydrogen (secondary N) is 1. The molecule has 14 heavy (non-hydrogen) atoms. The fraction of sp³-hybridized carbons (Fsp3) is 0.800. The van der Waals surface area contributed by atoms with Crippen molar-refractivity contribution in [1.82, 2.24) is 5.32 Å². The van der Waals surface area contributed by atoms with E-state index in [1.807, 2.05) is 13.8 Å². The van der Waals surface area contributed by atoms with Crippen LogP contribution in [0.2, 0.25) is 0 Å². The maximum Gasteiger partial charge on any atom is 0.207 e. The first-order valence-corrected chi connectivity index (χ1v) is 4.54. The lowest BCUT2D eigenvalue weighted by atomic mass is 10.0. The normalized spacial score (nSPS) is 8.50. The van der Waals surface area contributed by atoms with Crippen molar-refractivity contribution >= 4 is 12.2 Å². The van der Waals surface area contributed by atoms with Crippen molar-refractivity contribution < 1.29 is 14.3 Å². The highest BCUT2D eigenvalue weighted by atomic mass is 16.4. The molecule has 0 aliphatic carbocycles. The van der Waals surface area contributed by atoms with Crippen LogP contribution in [0.3, 0.4) is 0 Å². The molecule has 0 aromatic heterocycles. The molecule has 4 heteroatoms. The Morgan fingerprint density at radius 3 is 1.64 bits per heavy atom. The van der Waals surface area contributed by atoms with Crippen molar-refractivity contribution in [2.45, 2.75) is 40.2 Å². The molecule has 0 radical (unpaired) electrons. The average Bonchev–Trinajstić information content (AvgIpc) is 2.09. The maximum absolute atomic E-state index is 10.6. The minimum atomic E-state index is -0.707. The highest BCUT2D eigenvalue weighted by molar-refractivity contribution is 5.86. The zero-order valence-electron chi connectivity index (χ0n) is 10.3. The first kappa shape index (κ1) is 18.8. The summed E-state index contributed by atoms with van der Waals surface area (Å²) in [6, 6.07) is 0. The molecule has 86 valence electrons. The van der Waals surface area contributed by atoms with Crippen LogP contribution >= 0.6 is 0 Å². The zero-order chi connectivity index (χ0) is 12.2. The van der Waals surface area contributed by atoms with Crippen LogP contribution in [-0.4, -0.2) is 32.0 Å². The number of carbonyl (C=O) groups excluding carboxylic acids is 2. The van der Waals surface area contributed by atoms with E-state index in [0.717, 1.165) is 0 Å². The van der Waals surface area contributed by atoms with Crippen LogP contribution in [0.1, 0.15) is 34.6 Å². The van der Waals surface area contributed by atoms with Crippen molar-refractivity contribution in [3.05, 3.63) is 0 Å². The van der Waals surface area contributed by atoms with Crippen LogP contribution in [0.4, 0.5) is 0 Å². The van der Waals surface area contributed by atoms with Crippen molar-refractivity contribution in [1.29, 1.82) is 0 Å². The van der Waals surface area contributed by atoms with E-state index in [9.17, 15) is 9.59 Å². The molecule has 0 aromatic carbocycles. The van der Waals surface area contributed by atoms with Crippen molar-refractivity contribution in [2.75, 3.05) is 14.2 Å². The number of methoxy groups -OCH3 is 1. The number of hydrogen-bond donors (Lipinski definition) is 1. The Labute approximate surface area is 87.0 Å². The van der Waals surface area contributed by atoms with E-state index in [0.29, 0.717) is 6.41 Å². The molecule has 0 bridgehead atoms. The molecule has 4 nitrogen and oxygen atoms in total. The van der Waals surface area contributed by atoms with Crippen molar-refractivity contribution in [2.24, 2.45) is 0 Å². The van der Waals surface area contributed by atoms with Gasteiger partial charge in [-0.15, -0.1) is 0 Å². The van der Waals surface area contributed by atoms with Gasteiger partial charge in [0.05, 0.1) is 5.54 Å². The molecule has 0 fully saturated rings. The third-order valence-corrected chi connectivity index (χ3v) is 1.30. The van der Waals surface area contributed by atoms with Gasteiger partial charge in [-0.05, 0) is 20.8 Å². The molecule has 0 heterocycles. The van der Waals surface area contributed by atoms with Gasteiger partial charge in [0.2, 0.25) is 6.41 Å². The second-order valence-electron chi connectivity index (χ2n) is 2.85. The number of hydrogen-bond acceptors (Lipinski definition) is 3. The molecule has 0 spiro atoms. The molecule has 0 aliphatic rings. The second kappa shape index (κ2) is 12.1. The van der Waals surface area contributed by atoms with Gasteiger partial charge in [0, 0.05) is 14.2 Å². The van der Waals surface area contributed by atoms with Gasteiger partial charge in [0.15, 0.2) is 5.78 Å². The highest BCUT2D eigenvalue weighted by Crippen LogP contribution is 2.00. The molecule has 0 atom stereocenters. The molecule has 0 saturated heterocycles. The van der Waals surface area contributed by atoms with Crippen LogP contribution < -0.4 is 5.32 Å². The third kappa shape index (κ3) is 13.7. The fourth-order valence-electron chi connectivity index (χ4n) is 0.249. The van der Waals surface area contributed by atoms with Gasteiger partial charge in [-0.2, -0.15) is 0 Å². The number of ketones is 1. The second-order valence-corrected chi connectivity index (χ2v) is 2.85. The van der Waals surface area contributed by atoms with E-state index in [1.165, 1.54) is 6.92 Å². The molecule has 0 aliphatic heterocycles. The summed E-state index contributed by atoms with van der Waals surface area (Å²) in [5, 5.41) is 2.39. The van der Waals surface area contributed by atoms with Gasteiger partial charge in [-0.1, -0.05) is 13.8 Å². The summed E-state index contributed by atoms with van der Waals surface area (Å²) in [5.41, 5.74) is -0.707. The lowest BCUT2D eigenvalue weighted by molar-refractivity contribution is -0.125. The summed E-state index contributed by atoms with van der Waals surface area (Å²) in [6.45, 7) is 8.75. The Kier molecular flexibility index (Phi) is 16.3. The van der Waals surface area contributed by atoms with E-state index in [-0.39, 0.29) is 5.78 Å². The van der Waals surface area contributed by atoms with Crippen molar-refractivity contribution in [3.63, 3.8) is 0 Å². The van der Waals surface area contributed by atoms with Crippen molar-refractivity contribution in [3.8, 4) is 0 Å². The van der Waals surface area contributed by atoms with Crippen LogP contribution in [0.5, 0.6) is 0 Å². The van der Waals surface area contributed by atoms with Gasteiger partial charge >= 0.3 is 0 Å². The number of rotatable bonds is 3. The Morgan fingerprint density at radius 2 is 1.57 bits per heavy atom. The Bertz CT molecular complexity index is 144. The number of amides is 1. The van der Waals surface area contributed by atoms with Crippen LogP contribution in [0.25, 0.3) is 0 Å². The SMILES string of the molecule is CC.CC(=O)C(C)(C)NC=O.COC. The predicted octanol–water partition coefficient (Wildman–Crippen LogP) is 1.39. The maximum atomic E-state index is 10.6. The lowest BCUT2D eigenvalue weighted by Gasteiger charge is -2.18. The van der Waals surface area contributed by atoms with Gasteiger partial charge < -0.3 is 10.1 Å². The number of ether oxygens (including phenoxy) is 1. The molecule has 1 N–H and O–H groups in total. The molecule has 0 saturated carbocycles. The molecule has 0 aromatic rings. The van der Waals surface area contributed by atoms with Crippen LogP contribution in [0, 0.1) is 0 Å². The smallest absolute Gasteiger partial charge is 0.207 e. The standard InChI is InChI=1S/C6H11NO2.C2H6O.C2H6/c1-5(9)6(2,3)7-4-8;1-3-2;1-2/h4H,1-3H3,(H,7,8);1-2H3;1-2H3. The minimum Gasteiger partial charge on any atom is -0.388 e. The fourth-order valence-corrected chi connectivity index (χ4v) is 0.249. The van der Waals surface area contributed by atoms with E-state index >= 15 is 0 Å². The largest absolute Gasteiger partial charge is 0.388 e. The summed E-state index contributed by atoms with van der Waals surface area (Å²) in [4.78, 5) is 20.5. The summed E-state index contributed by atoms with van der Waals surface area (Å²) in [6.07, 6.45) is 0.529. The van der Waals surface area contributed by atoms with Crippen LogP contribution in [0.15, 0.2) is 0 Å². The quantitative estimate of drug-likeness (QED) is 0.708. The Balaban J connectivity index is -0.000000205. The topological polar surface area (TPSA) is 55.4 Å². The number of carbonyl (C=O) groups is 2. The Hall–Kier alpha value is -0.900. The summed E-state index contributed by atoms with van der Waals surface area (Å²) >= 11 is 0. The monoisotopic (exact) mass is 205 g/mol. The molecular weight excluding hydrogens is 182 g/mol. The first-order chi connectivity index (χ1) is 6.42. The lowest BCUT2D eigenvalue weighted by Crippen LogP contribution is -2.44. The highest BCUT2D eigenvalue weighted by Gasteiger charge is 2.21. The van der Waals surface area contributed by atoms with Gasteiger partial charge in [-0.25, -0.2) is 0 Å². The molecule has 0 unspecified atom stereocenters. The van der Waals surface area contributed by atoms with E-state index in [4.69, 9.17) is 0 Å². The molecule has 0 rings (SSSR count). The summed E-state index contributed by atoms with van der Waals surface area (Å²) in [7, 11) is 3.25. The van der Waals surface area contributed by atoms with Crippen LogP contribution in [-0.2, 0) is 14.3 Å². The van der Waals surface area contributed by atoms with E-state index < -0.39 is 5.54 Å². The first-order valence-electron chi connectivity index (χ1n) is 4.54. The van der Waals surface area contributed by atoms with E-state index in [1.54, 1.807) is 28.1 Å². The predicted molar refractivity (Wildman–Crippen MR) is 58.2 cm³/mol. The number of Topliss-reactive ketones (excluding diaryl/α,β-unsaturated/α-hetero) is 1. The van der Waals surface area contributed by atoms with Gasteiger partial charge in [0.25, 0.3) is 0 Å². The van der Waals surface area contributed by atoms with Gasteiger partial charge in [0.1, 0.15) is 0 Å². The average molecular weight is 205 g/mol. The Morgan fingerprint density at radius 1 is 1.29 bits per heavy atom. The molecular formula is C10H23NO3. The zero-order valence-corrected chi connectivity index (χ0v) is 10.3. The molecule has 1 amide bonds. The third-order valence-electron chi connectivity index (χ3n) is 1.30. The summed E-state index contributed by atoms with van der Waals surface area (Å²) in [5.74, 6) is -0.0467. The summed E-state index contributed by atoms with van der Waals surface area (Å²) < 4.78 is 4.25. The van der Waals surface area contributed by atoms with E-state index in [2.05, 4.69) is 10.1 Å². The van der Waals surface area contributed by atoms with Gasteiger partial charge in [-0.3, -0.25) is 9.59 Å². The minimum absolute atomic E-state index is 0.0467.